The summed E-state index contributed by atoms with van der Waals surface area (Å²) >= 11 is 6.09. The Morgan fingerprint density at radius 1 is 1.43 bits per heavy atom. The molecule has 2 aromatic heterocycles. The lowest BCUT2D eigenvalue weighted by Gasteiger charge is -2.34. The van der Waals surface area contributed by atoms with Crippen LogP contribution in [0.2, 0.25) is 17.2 Å². The summed E-state index contributed by atoms with van der Waals surface area (Å²) in [6.45, 7) is 3.24. The molecule has 3 heterocycles. The number of alkyl halides is 3. The smallest absolute Gasteiger partial charge is 0.371 e. The van der Waals surface area contributed by atoms with Crippen molar-refractivity contribution in [3.63, 3.8) is 0 Å². The third-order valence-electron chi connectivity index (χ3n) is 4.49. The van der Waals surface area contributed by atoms with Crippen molar-refractivity contribution in [2.45, 2.75) is 24.6 Å². The van der Waals surface area contributed by atoms with Crippen molar-refractivity contribution in [2.75, 3.05) is 18.0 Å². The van der Waals surface area contributed by atoms with Crippen molar-refractivity contribution in [1.29, 1.82) is 5.26 Å². The highest BCUT2D eigenvalue weighted by Gasteiger charge is 2.49. The number of hydrogen-bond acceptors (Lipinski definition) is 7. The zero-order valence-corrected chi connectivity index (χ0v) is 16.0. The monoisotopic (exact) mass is 432 g/mol. The van der Waals surface area contributed by atoms with Crippen LogP contribution < -0.4 is 9.08 Å². The molecule has 0 saturated carbocycles. The van der Waals surface area contributed by atoms with Crippen molar-refractivity contribution in [3.05, 3.63) is 23.4 Å². The zero-order chi connectivity index (χ0) is 20.7. The number of fused-ring (bicyclic) bond motifs is 1. The van der Waals surface area contributed by atoms with E-state index in [1.54, 1.807) is 6.07 Å². The molecule has 0 radical (unpaired) electrons. The Balaban J connectivity index is 1.90. The third-order valence-corrected chi connectivity index (χ3v) is 5.76. The van der Waals surface area contributed by atoms with Gasteiger partial charge < -0.3 is 9.08 Å². The number of anilines is 1. The highest BCUT2D eigenvalue weighted by Crippen LogP contribution is 2.33. The minimum absolute atomic E-state index is 0.0230. The highest BCUT2D eigenvalue weighted by molar-refractivity contribution is 7.87. The first-order valence-electron chi connectivity index (χ1n) is 8.13. The first-order chi connectivity index (χ1) is 13.0. The zero-order valence-electron chi connectivity index (χ0n) is 14.4. The highest BCUT2D eigenvalue weighted by atomic mass is 35.5. The van der Waals surface area contributed by atoms with Crippen LogP contribution in [-0.2, 0) is 10.1 Å². The van der Waals surface area contributed by atoms with Gasteiger partial charge in [0.2, 0.25) is 5.88 Å². The SMILES string of the molecule is CC1CN(c2cnc3nc(OS(=O)(=O)C(F)(F)F)cc(Cl)c3c2)CCB1C#N. The Morgan fingerprint density at radius 2 is 2.14 bits per heavy atom. The maximum atomic E-state index is 12.5. The molecule has 7 nitrogen and oxygen atoms in total. The third kappa shape index (κ3) is 3.95. The van der Waals surface area contributed by atoms with Gasteiger partial charge in [0.05, 0.1) is 16.9 Å². The van der Waals surface area contributed by atoms with Crippen molar-refractivity contribution in [1.82, 2.24) is 9.97 Å². The molecule has 0 N–H and O–H groups in total. The molecule has 3 rings (SSSR count). The van der Waals surface area contributed by atoms with Gasteiger partial charge in [0, 0.05) is 30.5 Å². The van der Waals surface area contributed by atoms with E-state index in [1.165, 1.54) is 6.20 Å². The average molecular weight is 433 g/mol. The number of halogens is 4. The average Bonchev–Trinajstić information content (AvgIpc) is 2.60. The van der Waals surface area contributed by atoms with Crippen molar-refractivity contribution < 1.29 is 25.8 Å². The largest absolute Gasteiger partial charge is 0.534 e. The van der Waals surface area contributed by atoms with E-state index in [9.17, 15) is 21.6 Å². The molecule has 0 amide bonds. The lowest BCUT2D eigenvalue weighted by Crippen LogP contribution is -2.40. The molecule has 1 aliphatic heterocycles. The quantitative estimate of drug-likeness (QED) is 0.417. The maximum absolute atomic E-state index is 12.5. The predicted octanol–water partition coefficient (Wildman–Crippen LogP) is 3.28. The lowest BCUT2D eigenvalue weighted by molar-refractivity contribution is -0.0501. The van der Waals surface area contributed by atoms with E-state index < -0.39 is 21.5 Å². The Labute approximate surface area is 164 Å². The summed E-state index contributed by atoms with van der Waals surface area (Å²) in [5, 5.41) is 9.41. The van der Waals surface area contributed by atoms with Crippen molar-refractivity contribution >= 4 is 45.2 Å². The van der Waals surface area contributed by atoms with E-state index in [1.807, 2.05) is 11.8 Å². The standard InChI is InChI=1S/C15H13BClF3N4O3S/c1-9-7-24(3-2-16(9)8-21)10-4-11-12(17)5-13(23-14(11)22-6-10)27-28(25,26)15(18,19)20/h4-6,9H,2-3,7H2,1H3. The summed E-state index contributed by atoms with van der Waals surface area (Å²) in [7, 11) is -5.86. The van der Waals surface area contributed by atoms with Crippen LogP contribution in [0.15, 0.2) is 18.3 Å². The molecular formula is C15H13BClF3N4O3S. The van der Waals surface area contributed by atoms with Crippen LogP contribution in [0, 0.1) is 11.2 Å². The van der Waals surface area contributed by atoms with Gasteiger partial charge in [0.25, 0.3) is 6.71 Å². The number of nitrogens with zero attached hydrogens (tertiary/aromatic N) is 4. The van der Waals surface area contributed by atoms with Gasteiger partial charge in [-0.1, -0.05) is 18.5 Å². The second kappa shape index (κ2) is 7.29. The van der Waals surface area contributed by atoms with Gasteiger partial charge in [-0.25, -0.2) is 10.2 Å². The minimum Gasteiger partial charge on any atom is -0.371 e. The topological polar surface area (TPSA) is 96.2 Å². The molecule has 148 valence electrons. The summed E-state index contributed by atoms with van der Waals surface area (Å²) in [6, 6.07) is 2.56. The number of pyridine rings is 2. The predicted molar refractivity (Wildman–Crippen MR) is 98.0 cm³/mol. The fourth-order valence-electron chi connectivity index (χ4n) is 2.98. The summed E-state index contributed by atoms with van der Waals surface area (Å²) in [5.41, 5.74) is -4.92. The normalized spacial score (nSPS) is 18.2. The molecule has 0 aliphatic carbocycles. The molecule has 1 unspecified atom stereocenters. The fraction of sp³-hybridized carbons (Fsp3) is 0.400. The van der Waals surface area contributed by atoms with Gasteiger partial charge in [-0.2, -0.15) is 26.6 Å². The van der Waals surface area contributed by atoms with Gasteiger partial charge in [0.1, 0.15) is 0 Å². The molecule has 2 aromatic rings. The van der Waals surface area contributed by atoms with Crippen LogP contribution in [0.4, 0.5) is 18.9 Å². The molecule has 1 saturated heterocycles. The van der Waals surface area contributed by atoms with E-state index in [-0.39, 0.29) is 23.2 Å². The first-order valence-corrected chi connectivity index (χ1v) is 9.92. The van der Waals surface area contributed by atoms with E-state index in [2.05, 4.69) is 20.1 Å². The number of hydrogen-bond donors (Lipinski definition) is 0. The van der Waals surface area contributed by atoms with Gasteiger partial charge in [-0.3, -0.25) is 0 Å². The van der Waals surface area contributed by atoms with Crippen molar-refractivity contribution in [3.8, 4) is 11.8 Å². The molecule has 1 fully saturated rings. The van der Waals surface area contributed by atoms with E-state index >= 15 is 0 Å². The molecule has 28 heavy (non-hydrogen) atoms. The van der Waals surface area contributed by atoms with Gasteiger partial charge in [0.15, 0.2) is 5.65 Å². The molecule has 1 aliphatic rings. The molecule has 0 aromatic carbocycles. The lowest BCUT2D eigenvalue weighted by atomic mass is 9.39. The molecule has 1 atom stereocenters. The Bertz CT molecular complexity index is 1060. The molecule has 0 bridgehead atoms. The Kier molecular flexibility index (Phi) is 5.33. The van der Waals surface area contributed by atoms with Crippen LogP contribution in [-0.4, -0.2) is 43.7 Å². The second-order valence-corrected chi connectivity index (χ2v) is 8.38. The second-order valence-electron chi connectivity index (χ2n) is 6.44. The van der Waals surface area contributed by atoms with Crippen LogP contribution in [0.1, 0.15) is 6.92 Å². The maximum Gasteiger partial charge on any atom is 0.534 e. The van der Waals surface area contributed by atoms with Gasteiger partial charge in [-0.05, 0) is 18.2 Å². The summed E-state index contributed by atoms with van der Waals surface area (Å²) in [5.74, 6) is 1.62. The summed E-state index contributed by atoms with van der Waals surface area (Å²) in [4.78, 5) is 9.81. The minimum atomic E-state index is -5.86. The summed E-state index contributed by atoms with van der Waals surface area (Å²) < 4.78 is 63.7. The number of aromatic nitrogens is 2. The number of rotatable bonds is 3. The van der Waals surface area contributed by atoms with E-state index in [0.29, 0.717) is 24.8 Å². The molecule has 0 spiro atoms. The van der Waals surface area contributed by atoms with Gasteiger partial charge in [-0.15, -0.1) is 0 Å². The van der Waals surface area contributed by atoms with E-state index in [0.717, 1.165) is 11.8 Å². The van der Waals surface area contributed by atoms with Crippen molar-refractivity contribution in [2.24, 2.45) is 0 Å². The molecular weight excluding hydrogens is 420 g/mol. The van der Waals surface area contributed by atoms with Crippen LogP contribution >= 0.6 is 11.6 Å². The number of nitriles is 1. The Hall–Kier alpha value is -2.26. The van der Waals surface area contributed by atoms with Crippen LogP contribution in [0.5, 0.6) is 5.88 Å². The fourth-order valence-corrected chi connectivity index (χ4v) is 3.62. The van der Waals surface area contributed by atoms with Crippen LogP contribution in [0.3, 0.4) is 0 Å². The first kappa shape index (κ1) is 20.5. The molecule has 13 heteroatoms. The Morgan fingerprint density at radius 3 is 2.75 bits per heavy atom. The van der Waals surface area contributed by atoms with E-state index in [4.69, 9.17) is 16.9 Å². The van der Waals surface area contributed by atoms with Gasteiger partial charge >= 0.3 is 15.6 Å². The summed E-state index contributed by atoms with van der Waals surface area (Å²) in [6.07, 6.45) is 2.16. The van der Waals surface area contributed by atoms with Crippen LogP contribution in [0.25, 0.3) is 11.0 Å².